The van der Waals surface area contributed by atoms with E-state index < -0.39 is 0 Å². The number of hydrogen-bond acceptors (Lipinski definition) is 1. The van der Waals surface area contributed by atoms with Gasteiger partial charge in [0.15, 0.2) is 0 Å². The summed E-state index contributed by atoms with van der Waals surface area (Å²) in [5.41, 5.74) is 0. The van der Waals surface area contributed by atoms with E-state index in [1.54, 1.807) is 9.12 Å². The Morgan fingerprint density at radius 2 is 1.25 bits per heavy atom. The topological polar surface area (TPSA) is 17.1 Å². The Kier molecular flexibility index (Phi) is 90.5. The van der Waals surface area contributed by atoms with E-state index in [4.69, 9.17) is 4.57 Å². The SMILES string of the molecule is O=P.[NaH].[Ti]. The zero-order valence-electron chi connectivity index (χ0n) is 1.41. The molecule has 0 spiro atoms. The van der Waals surface area contributed by atoms with E-state index in [0.717, 1.165) is 0 Å². The first-order valence-electron chi connectivity index (χ1n) is 0.204. The van der Waals surface area contributed by atoms with Crippen molar-refractivity contribution in [1.82, 2.24) is 0 Å². The summed E-state index contributed by atoms with van der Waals surface area (Å²) in [4.78, 5) is 0. The maximum atomic E-state index is 8.06. The molecule has 4 heavy (non-hydrogen) atoms. The Morgan fingerprint density at radius 1 is 1.25 bits per heavy atom. The van der Waals surface area contributed by atoms with Crippen LogP contribution in [0.3, 0.4) is 0 Å². The second-order valence-electron chi connectivity index (χ2n) is 0. The molecule has 0 atom stereocenters. The number of hydrogen-bond donors (Lipinski definition) is 0. The predicted molar refractivity (Wildman–Crippen MR) is 16.2 cm³/mol. The van der Waals surface area contributed by atoms with Crippen LogP contribution in [0.25, 0.3) is 0 Å². The van der Waals surface area contributed by atoms with E-state index in [-0.39, 0.29) is 51.3 Å². The van der Waals surface area contributed by atoms with Crippen LogP contribution in [0.2, 0.25) is 0 Å². The molecule has 1 nitrogen and oxygen atoms in total. The van der Waals surface area contributed by atoms with Crippen molar-refractivity contribution in [2.45, 2.75) is 0 Å². The van der Waals surface area contributed by atoms with Crippen molar-refractivity contribution >= 4 is 38.7 Å². The van der Waals surface area contributed by atoms with Crippen molar-refractivity contribution in [3.8, 4) is 0 Å². The second-order valence-corrected chi connectivity index (χ2v) is 0. The maximum absolute atomic E-state index is 8.06. The van der Waals surface area contributed by atoms with Gasteiger partial charge >= 0.3 is 29.6 Å². The minimum atomic E-state index is 0. The van der Waals surface area contributed by atoms with Crippen LogP contribution in [0, 0.1) is 0 Å². The molecule has 0 unspecified atom stereocenters. The van der Waals surface area contributed by atoms with Crippen molar-refractivity contribution in [2.24, 2.45) is 0 Å². The fourth-order valence-corrected chi connectivity index (χ4v) is 0. The van der Waals surface area contributed by atoms with Gasteiger partial charge in [0.05, 0.1) is 0 Å². The first-order valence-corrected chi connectivity index (χ1v) is 0.612. The molecule has 0 fully saturated rings. The molecule has 0 bridgehead atoms. The molecular weight excluding hydrogens is 118 g/mol. The van der Waals surface area contributed by atoms with Gasteiger partial charge in [0.1, 0.15) is 9.12 Å². The molecule has 0 N–H and O–H groups in total. The molecule has 0 aromatic heterocycles. The summed E-state index contributed by atoms with van der Waals surface area (Å²) in [6.07, 6.45) is 0. The summed E-state index contributed by atoms with van der Waals surface area (Å²) in [6, 6.07) is 0. The first kappa shape index (κ1) is 17.0. The van der Waals surface area contributed by atoms with Crippen LogP contribution in [0.4, 0.5) is 0 Å². The zero-order chi connectivity index (χ0) is 2.00. The third-order valence-corrected chi connectivity index (χ3v) is 0. The normalized spacial score (nSPS) is 1.00. The molecule has 0 rings (SSSR count). The smallest absolute Gasteiger partial charge is 0 e. The van der Waals surface area contributed by atoms with Crippen LogP contribution in [0.15, 0.2) is 0 Å². The van der Waals surface area contributed by atoms with E-state index in [9.17, 15) is 0 Å². The molecule has 0 aromatic carbocycles. The molecule has 0 aromatic rings. The molecule has 0 aliphatic carbocycles. The Morgan fingerprint density at radius 3 is 1.25 bits per heavy atom. The maximum Gasteiger partial charge on any atom is 0 e. The second kappa shape index (κ2) is 21.3. The van der Waals surface area contributed by atoms with Crippen molar-refractivity contribution in [2.75, 3.05) is 0 Å². The van der Waals surface area contributed by atoms with Crippen LogP contribution < -0.4 is 0 Å². The predicted octanol–water partition coefficient (Wildman–Crippen LogP) is -0.176. The van der Waals surface area contributed by atoms with Gasteiger partial charge in [-0.25, -0.2) is 0 Å². The van der Waals surface area contributed by atoms with Gasteiger partial charge in [-0.15, -0.1) is 0 Å². The molecular formula is H2NaOPTi. The standard InChI is InChI=1S/Na.HOP.Ti.H/c;1-2;;/h;2H;;. The average molecular weight is 120 g/mol. The van der Waals surface area contributed by atoms with E-state index >= 15 is 0 Å². The minimum absolute atomic E-state index is 0. The molecule has 0 heterocycles. The summed E-state index contributed by atoms with van der Waals surface area (Å²) in [6.45, 7) is 0. The van der Waals surface area contributed by atoms with E-state index in [1.165, 1.54) is 0 Å². The van der Waals surface area contributed by atoms with Crippen molar-refractivity contribution in [3.63, 3.8) is 0 Å². The van der Waals surface area contributed by atoms with Gasteiger partial charge in [0.25, 0.3) is 0 Å². The molecule has 0 radical (unpaired) electrons. The molecule has 0 saturated carbocycles. The Bertz CT molecular complexity index is 8.00. The van der Waals surface area contributed by atoms with Crippen molar-refractivity contribution in [3.05, 3.63) is 0 Å². The van der Waals surface area contributed by atoms with E-state index in [1.807, 2.05) is 0 Å². The molecule has 0 aliphatic rings. The quantitative estimate of drug-likeness (QED) is 0.320. The van der Waals surface area contributed by atoms with Gasteiger partial charge < -0.3 is 0 Å². The summed E-state index contributed by atoms with van der Waals surface area (Å²) in [5, 5.41) is 0. The summed E-state index contributed by atoms with van der Waals surface area (Å²) < 4.78 is 8.06. The fourth-order valence-electron chi connectivity index (χ4n) is 0. The Balaban J connectivity index is -0.00000000500. The van der Waals surface area contributed by atoms with Crippen LogP contribution in [-0.4, -0.2) is 29.6 Å². The Labute approximate surface area is 64.3 Å². The average Bonchev–Trinajstić information content (AvgIpc) is 1.00. The third-order valence-electron chi connectivity index (χ3n) is 0. The first-order chi connectivity index (χ1) is 1.00. The Hall–Kier alpha value is 1.81. The van der Waals surface area contributed by atoms with Crippen LogP contribution in [-0.2, 0) is 26.3 Å². The molecule has 0 amide bonds. The zero-order valence-corrected chi connectivity index (χ0v) is 3.97. The van der Waals surface area contributed by atoms with E-state index in [0.29, 0.717) is 0 Å². The van der Waals surface area contributed by atoms with Gasteiger partial charge in [0.2, 0.25) is 0 Å². The molecule has 4 heteroatoms. The fraction of sp³-hybridized carbons (Fsp3) is 0. The summed E-state index contributed by atoms with van der Waals surface area (Å²) in [5.74, 6) is 0. The van der Waals surface area contributed by atoms with Gasteiger partial charge in [-0.1, -0.05) is 0 Å². The minimum Gasteiger partial charge on any atom is 0 e. The monoisotopic (exact) mass is 120 g/mol. The van der Waals surface area contributed by atoms with Crippen LogP contribution >= 0.6 is 9.12 Å². The number of rotatable bonds is 0. The largest absolute Gasteiger partial charge is 0 e. The van der Waals surface area contributed by atoms with Crippen LogP contribution in [0.1, 0.15) is 0 Å². The molecule has 0 aliphatic heterocycles. The molecule has 0 saturated heterocycles. The molecule has 18 valence electrons. The van der Waals surface area contributed by atoms with Crippen molar-refractivity contribution < 1.29 is 26.3 Å². The van der Waals surface area contributed by atoms with Gasteiger partial charge in [0, 0.05) is 21.7 Å². The summed E-state index contributed by atoms with van der Waals surface area (Å²) in [7, 11) is 1.72. The van der Waals surface area contributed by atoms with Gasteiger partial charge in [-0.2, -0.15) is 0 Å². The van der Waals surface area contributed by atoms with E-state index in [2.05, 4.69) is 0 Å². The van der Waals surface area contributed by atoms with Crippen LogP contribution in [0.5, 0.6) is 0 Å². The third kappa shape index (κ3) is 9.18. The van der Waals surface area contributed by atoms with Gasteiger partial charge in [-0.05, 0) is 0 Å². The van der Waals surface area contributed by atoms with Crippen molar-refractivity contribution in [1.29, 1.82) is 0 Å². The summed E-state index contributed by atoms with van der Waals surface area (Å²) >= 11 is 0. The van der Waals surface area contributed by atoms with Gasteiger partial charge in [-0.3, -0.25) is 4.57 Å².